The van der Waals surface area contributed by atoms with Gasteiger partial charge in [0.25, 0.3) is 0 Å². The van der Waals surface area contributed by atoms with Gasteiger partial charge in [-0.25, -0.2) is 5.43 Å². The predicted molar refractivity (Wildman–Crippen MR) is 165 cm³/mol. The zero-order valence-electron chi connectivity index (χ0n) is 23.8. The Kier molecular flexibility index (Phi) is 9.42. The number of piperidine rings is 1. The lowest BCUT2D eigenvalue weighted by Gasteiger charge is -2.32. The summed E-state index contributed by atoms with van der Waals surface area (Å²) in [5.74, 6) is 3.01. The molecule has 10 nitrogen and oxygen atoms in total. The monoisotopic (exact) mass is 562 g/mol. The largest absolute Gasteiger partial charge is 0.493 e. The third-order valence-corrected chi connectivity index (χ3v) is 7.05. The van der Waals surface area contributed by atoms with E-state index in [-0.39, 0.29) is 6.61 Å². The first-order chi connectivity index (χ1) is 20.6. The van der Waals surface area contributed by atoms with E-state index in [9.17, 15) is 0 Å². The SMILES string of the molecule is COc1cc(/C=N/Nc2nc(Nc3ccc(C)cc3)nc(N3CCC(Cc4ccccc4)CC3)n2)ccc1OCC#N. The second-order valence-corrected chi connectivity index (χ2v) is 10.1. The molecular formula is C32H34N8O2. The van der Waals surface area contributed by atoms with Crippen LogP contribution in [0.2, 0.25) is 0 Å². The Bertz CT molecular complexity index is 1530. The van der Waals surface area contributed by atoms with Gasteiger partial charge in [0.05, 0.1) is 13.3 Å². The van der Waals surface area contributed by atoms with E-state index >= 15 is 0 Å². The van der Waals surface area contributed by atoms with Crippen LogP contribution in [-0.4, -0.2) is 48.0 Å². The van der Waals surface area contributed by atoms with Crippen LogP contribution in [0, 0.1) is 24.2 Å². The summed E-state index contributed by atoms with van der Waals surface area (Å²) < 4.78 is 10.8. The maximum absolute atomic E-state index is 8.78. The zero-order valence-corrected chi connectivity index (χ0v) is 23.8. The molecule has 0 bridgehead atoms. The fourth-order valence-electron chi connectivity index (χ4n) is 4.82. The Morgan fingerprint density at radius 3 is 2.48 bits per heavy atom. The number of aryl methyl sites for hydroxylation is 1. The summed E-state index contributed by atoms with van der Waals surface area (Å²) in [5.41, 5.74) is 7.18. The molecular weight excluding hydrogens is 528 g/mol. The lowest BCUT2D eigenvalue weighted by Crippen LogP contribution is -2.35. The number of ether oxygens (including phenoxy) is 2. The molecule has 1 fully saturated rings. The van der Waals surface area contributed by atoms with E-state index in [1.165, 1.54) is 11.1 Å². The number of rotatable bonds is 11. The lowest BCUT2D eigenvalue weighted by molar-refractivity contribution is 0.329. The predicted octanol–water partition coefficient (Wildman–Crippen LogP) is 5.74. The van der Waals surface area contributed by atoms with E-state index in [1.54, 1.807) is 25.5 Å². The standard InChI is InChI=1S/C32H34N8O2/c1-23-8-11-27(12-9-23)35-30-36-31(39-34-22-26-10-13-28(42-19-16-33)29(21-26)41-2)38-32(37-30)40-17-14-25(15-18-40)20-24-6-4-3-5-7-24/h3-13,21-22,25H,14-15,17-20H2,1-2H3,(H2,35,36,37,38,39)/b34-22+. The van der Waals surface area contributed by atoms with Crippen molar-refractivity contribution in [2.45, 2.75) is 26.2 Å². The van der Waals surface area contributed by atoms with Crippen LogP contribution >= 0.6 is 0 Å². The first kappa shape index (κ1) is 28.4. The van der Waals surface area contributed by atoms with Gasteiger partial charge in [-0.2, -0.15) is 25.3 Å². The third kappa shape index (κ3) is 7.73. The summed E-state index contributed by atoms with van der Waals surface area (Å²) in [7, 11) is 1.55. The highest BCUT2D eigenvalue weighted by molar-refractivity contribution is 5.81. The summed E-state index contributed by atoms with van der Waals surface area (Å²) in [4.78, 5) is 16.2. The van der Waals surface area contributed by atoms with E-state index in [2.05, 4.69) is 63.0 Å². The number of benzene rings is 3. The van der Waals surface area contributed by atoms with Gasteiger partial charge in [-0.15, -0.1) is 0 Å². The number of nitrogens with one attached hydrogen (secondary N) is 2. The Balaban J connectivity index is 1.31. The maximum atomic E-state index is 8.78. The van der Waals surface area contributed by atoms with Crippen molar-refractivity contribution in [2.75, 3.05) is 42.4 Å². The average Bonchev–Trinajstić information content (AvgIpc) is 3.02. The number of hydrogen-bond acceptors (Lipinski definition) is 10. The number of hydrazone groups is 1. The third-order valence-electron chi connectivity index (χ3n) is 7.05. The molecule has 42 heavy (non-hydrogen) atoms. The van der Waals surface area contributed by atoms with Crippen molar-refractivity contribution in [3.63, 3.8) is 0 Å². The van der Waals surface area contributed by atoms with Crippen LogP contribution in [-0.2, 0) is 6.42 Å². The van der Waals surface area contributed by atoms with Gasteiger partial charge in [-0.05, 0) is 73.6 Å². The van der Waals surface area contributed by atoms with Gasteiger partial charge in [0.15, 0.2) is 18.1 Å². The van der Waals surface area contributed by atoms with E-state index in [4.69, 9.17) is 24.7 Å². The molecule has 1 saturated heterocycles. The summed E-state index contributed by atoms with van der Waals surface area (Å²) >= 11 is 0. The van der Waals surface area contributed by atoms with Crippen molar-refractivity contribution in [2.24, 2.45) is 11.0 Å². The van der Waals surface area contributed by atoms with Gasteiger partial charge in [0, 0.05) is 18.8 Å². The van der Waals surface area contributed by atoms with Gasteiger partial charge < -0.3 is 19.7 Å². The van der Waals surface area contributed by atoms with Gasteiger partial charge in [-0.1, -0.05) is 48.0 Å². The Morgan fingerprint density at radius 1 is 0.976 bits per heavy atom. The average molecular weight is 563 g/mol. The quantitative estimate of drug-likeness (QED) is 0.174. The molecule has 0 spiro atoms. The summed E-state index contributed by atoms with van der Waals surface area (Å²) in [5, 5.41) is 16.4. The van der Waals surface area contributed by atoms with E-state index in [0.717, 1.165) is 43.6 Å². The van der Waals surface area contributed by atoms with Crippen LogP contribution in [0.1, 0.15) is 29.5 Å². The van der Waals surface area contributed by atoms with Crippen molar-refractivity contribution in [1.82, 2.24) is 15.0 Å². The normalized spacial score (nSPS) is 13.5. The molecule has 0 atom stereocenters. The highest BCUT2D eigenvalue weighted by Crippen LogP contribution is 2.28. The van der Waals surface area contributed by atoms with Crippen molar-refractivity contribution in [1.29, 1.82) is 5.26 Å². The Labute approximate surface area is 246 Å². The topological polar surface area (TPSA) is 121 Å². The molecule has 2 N–H and O–H groups in total. The van der Waals surface area contributed by atoms with E-state index in [0.29, 0.717) is 35.3 Å². The first-order valence-corrected chi connectivity index (χ1v) is 13.9. The highest BCUT2D eigenvalue weighted by Gasteiger charge is 2.22. The Hall–Kier alpha value is -5.17. The number of methoxy groups -OCH3 is 1. The maximum Gasteiger partial charge on any atom is 0.250 e. The molecule has 1 aliphatic rings. The number of anilines is 4. The van der Waals surface area contributed by atoms with Crippen LogP contribution in [0.4, 0.5) is 23.5 Å². The van der Waals surface area contributed by atoms with Gasteiger partial charge in [0.2, 0.25) is 17.8 Å². The number of hydrogen-bond donors (Lipinski definition) is 2. The first-order valence-electron chi connectivity index (χ1n) is 13.9. The van der Waals surface area contributed by atoms with Crippen LogP contribution < -0.4 is 25.1 Å². The molecule has 2 heterocycles. The molecule has 0 aliphatic carbocycles. The van der Waals surface area contributed by atoms with Crippen molar-refractivity contribution in [3.8, 4) is 17.6 Å². The minimum absolute atomic E-state index is 0.0588. The molecule has 5 rings (SSSR count). The van der Waals surface area contributed by atoms with E-state index in [1.807, 2.05) is 36.4 Å². The minimum atomic E-state index is -0.0588. The highest BCUT2D eigenvalue weighted by atomic mass is 16.5. The second kappa shape index (κ2) is 13.9. The summed E-state index contributed by atoms with van der Waals surface area (Å²) in [6.07, 6.45) is 4.86. The molecule has 1 aliphatic heterocycles. The van der Waals surface area contributed by atoms with E-state index < -0.39 is 0 Å². The second-order valence-electron chi connectivity index (χ2n) is 10.1. The van der Waals surface area contributed by atoms with Crippen LogP contribution in [0.15, 0.2) is 77.9 Å². The van der Waals surface area contributed by atoms with Crippen LogP contribution in [0.25, 0.3) is 0 Å². The smallest absolute Gasteiger partial charge is 0.250 e. The van der Waals surface area contributed by atoms with Crippen LogP contribution in [0.3, 0.4) is 0 Å². The molecule has 10 heteroatoms. The number of aromatic nitrogens is 3. The molecule has 214 valence electrons. The van der Waals surface area contributed by atoms with Gasteiger partial charge in [-0.3, -0.25) is 0 Å². The van der Waals surface area contributed by atoms with Gasteiger partial charge in [0.1, 0.15) is 6.07 Å². The number of nitriles is 1. The molecule has 0 radical (unpaired) electrons. The van der Waals surface area contributed by atoms with Crippen molar-refractivity contribution >= 4 is 29.7 Å². The van der Waals surface area contributed by atoms with Crippen molar-refractivity contribution < 1.29 is 9.47 Å². The minimum Gasteiger partial charge on any atom is -0.493 e. The lowest BCUT2D eigenvalue weighted by atomic mass is 9.90. The summed E-state index contributed by atoms with van der Waals surface area (Å²) in [6.45, 7) is 3.73. The molecule has 3 aromatic carbocycles. The molecule has 0 saturated carbocycles. The number of nitrogens with zero attached hydrogens (tertiary/aromatic N) is 6. The fourth-order valence-corrected chi connectivity index (χ4v) is 4.82. The summed E-state index contributed by atoms with van der Waals surface area (Å²) in [6, 6.07) is 26.0. The van der Waals surface area contributed by atoms with Crippen molar-refractivity contribution in [3.05, 3.63) is 89.5 Å². The zero-order chi connectivity index (χ0) is 29.1. The van der Waals surface area contributed by atoms with Crippen LogP contribution in [0.5, 0.6) is 11.5 Å². The van der Waals surface area contributed by atoms with Gasteiger partial charge >= 0.3 is 0 Å². The molecule has 1 aromatic heterocycles. The molecule has 0 unspecified atom stereocenters. The molecule has 4 aromatic rings. The molecule has 0 amide bonds. The Morgan fingerprint density at radius 2 is 1.74 bits per heavy atom. The fraction of sp³-hybridized carbons (Fsp3) is 0.281.